The first kappa shape index (κ1) is 11.9. The van der Waals surface area contributed by atoms with Crippen molar-refractivity contribution < 1.29 is 15.0 Å². The Kier molecular flexibility index (Phi) is 4.24. The summed E-state index contributed by atoms with van der Waals surface area (Å²) in [6.07, 6.45) is 0. The molecule has 0 aliphatic rings. The summed E-state index contributed by atoms with van der Waals surface area (Å²) in [7, 11) is 0. The number of anilines is 1. The van der Waals surface area contributed by atoms with Gasteiger partial charge in [0.2, 0.25) is 0 Å². The molecule has 0 atom stereocenters. The summed E-state index contributed by atoms with van der Waals surface area (Å²) < 4.78 is 0. The molecule has 0 amide bonds. The average molecular weight is 221 g/mol. The molecule has 0 saturated carbocycles. The molecule has 0 bridgehead atoms. The molecule has 0 radical (unpaired) electrons. The van der Waals surface area contributed by atoms with E-state index in [1.807, 2.05) is 0 Å². The molecular formula is C10H11N3O3. The number of hydrogen-bond donors (Lipinski definition) is 3. The number of aromatic carboxylic acids is 1. The highest BCUT2D eigenvalue weighted by Gasteiger charge is 2.07. The fraction of sp³-hybridized carbons (Fsp3) is 0.300. The van der Waals surface area contributed by atoms with Crippen molar-refractivity contribution in [2.24, 2.45) is 0 Å². The van der Waals surface area contributed by atoms with E-state index in [1.165, 1.54) is 6.07 Å². The van der Waals surface area contributed by atoms with Gasteiger partial charge in [-0.05, 0) is 6.92 Å². The maximum absolute atomic E-state index is 10.7. The molecule has 0 unspecified atom stereocenters. The van der Waals surface area contributed by atoms with Crippen LogP contribution in [0.4, 0.5) is 5.82 Å². The quantitative estimate of drug-likeness (QED) is 0.616. The minimum Gasteiger partial charge on any atom is -0.477 e. The Morgan fingerprint density at radius 1 is 1.50 bits per heavy atom. The Morgan fingerprint density at radius 3 is 2.88 bits per heavy atom. The van der Waals surface area contributed by atoms with Crippen LogP contribution in [0.5, 0.6) is 0 Å². The monoisotopic (exact) mass is 221 g/mol. The SMILES string of the molecule is Cc1nc(NCC#CCO)cc(C(=O)O)n1. The second kappa shape index (κ2) is 5.68. The highest BCUT2D eigenvalue weighted by molar-refractivity contribution is 5.86. The highest BCUT2D eigenvalue weighted by Crippen LogP contribution is 2.05. The van der Waals surface area contributed by atoms with Crippen LogP contribution in [0.2, 0.25) is 0 Å². The number of aliphatic hydroxyl groups excluding tert-OH is 1. The number of hydrogen-bond acceptors (Lipinski definition) is 5. The topological polar surface area (TPSA) is 95.3 Å². The summed E-state index contributed by atoms with van der Waals surface area (Å²) in [6.45, 7) is 1.69. The molecule has 0 fully saturated rings. The van der Waals surface area contributed by atoms with Crippen LogP contribution in [0.15, 0.2) is 6.07 Å². The predicted molar refractivity (Wildman–Crippen MR) is 57.1 cm³/mol. The van der Waals surface area contributed by atoms with Crippen molar-refractivity contribution >= 4 is 11.8 Å². The standard InChI is InChI=1S/C10H11N3O3/c1-7-12-8(10(15)16)6-9(13-7)11-4-2-3-5-14/h6,14H,4-5H2,1H3,(H,15,16)(H,11,12,13). The lowest BCUT2D eigenvalue weighted by atomic mass is 10.4. The maximum Gasteiger partial charge on any atom is 0.354 e. The van der Waals surface area contributed by atoms with E-state index >= 15 is 0 Å². The summed E-state index contributed by atoms with van der Waals surface area (Å²) in [4.78, 5) is 18.5. The van der Waals surface area contributed by atoms with Crippen LogP contribution in [0, 0.1) is 18.8 Å². The lowest BCUT2D eigenvalue weighted by molar-refractivity contribution is 0.0690. The van der Waals surface area contributed by atoms with E-state index in [0.717, 1.165) is 0 Å². The van der Waals surface area contributed by atoms with E-state index < -0.39 is 5.97 Å². The third-order valence-electron chi connectivity index (χ3n) is 1.62. The first-order valence-electron chi connectivity index (χ1n) is 4.53. The number of carboxylic acids is 1. The number of nitrogens with zero attached hydrogens (tertiary/aromatic N) is 2. The Hall–Kier alpha value is -2.13. The molecule has 3 N–H and O–H groups in total. The van der Waals surface area contributed by atoms with Gasteiger partial charge in [-0.15, -0.1) is 0 Å². The molecule has 1 heterocycles. The average Bonchev–Trinajstić information content (AvgIpc) is 2.23. The van der Waals surface area contributed by atoms with Crippen LogP contribution in [-0.4, -0.2) is 39.3 Å². The van der Waals surface area contributed by atoms with Crippen LogP contribution < -0.4 is 5.32 Å². The molecule has 0 aromatic carbocycles. The highest BCUT2D eigenvalue weighted by atomic mass is 16.4. The molecule has 0 aliphatic heterocycles. The summed E-state index contributed by atoms with van der Waals surface area (Å²) in [5.74, 6) is 4.76. The molecule has 16 heavy (non-hydrogen) atoms. The zero-order valence-electron chi connectivity index (χ0n) is 8.69. The van der Waals surface area contributed by atoms with Gasteiger partial charge in [-0.3, -0.25) is 0 Å². The van der Waals surface area contributed by atoms with Gasteiger partial charge < -0.3 is 15.5 Å². The first-order valence-corrected chi connectivity index (χ1v) is 4.53. The molecule has 1 rings (SSSR count). The molecule has 1 aromatic heterocycles. The van der Waals surface area contributed by atoms with Crippen LogP contribution in [-0.2, 0) is 0 Å². The van der Waals surface area contributed by atoms with Crippen molar-refractivity contribution in [1.29, 1.82) is 0 Å². The van der Waals surface area contributed by atoms with Crippen molar-refractivity contribution in [3.05, 3.63) is 17.6 Å². The number of rotatable bonds is 3. The maximum atomic E-state index is 10.7. The van der Waals surface area contributed by atoms with Gasteiger partial charge in [0.15, 0.2) is 5.69 Å². The van der Waals surface area contributed by atoms with E-state index in [0.29, 0.717) is 11.6 Å². The van der Waals surface area contributed by atoms with E-state index in [9.17, 15) is 4.79 Å². The van der Waals surface area contributed by atoms with Crippen LogP contribution in [0.1, 0.15) is 16.3 Å². The van der Waals surface area contributed by atoms with Gasteiger partial charge in [0.1, 0.15) is 18.2 Å². The Labute approximate surface area is 92.4 Å². The van der Waals surface area contributed by atoms with Gasteiger partial charge in [0, 0.05) is 6.07 Å². The molecule has 0 aliphatic carbocycles. The Bertz CT molecular complexity index is 448. The molecular weight excluding hydrogens is 210 g/mol. The fourth-order valence-corrected chi connectivity index (χ4v) is 1.02. The first-order chi connectivity index (χ1) is 7.63. The van der Waals surface area contributed by atoms with Gasteiger partial charge in [-0.2, -0.15) is 0 Å². The minimum atomic E-state index is -1.10. The van der Waals surface area contributed by atoms with Crippen molar-refractivity contribution in [1.82, 2.24) is 9.97 Å². The molecule has 6 nitrogen and oxygen atoms in total. The van der Waals surface area contributed by atoms with Crippen molar-refractivity contribution in [2.45, 2.75) is 6.92 Å². The number of nitrogens with one attached hydrogen (secondary N) is 1. The van der Waals surface area contributed by atoms with E-state index in [4.69, 9.17) is 10.2 Å². The lowest BCUT2D eigenvalue weighted by Gasteiger charge is -2.03. The van der Waals surface area contributed by atoms with Gasteiger partial charge in [-0.25, -0.2) is 14.8 Å². The third-order valence-corrected chi connectivity index (χ3v) is 1.62. The van der Waals surface area contributed by atoms with Gasteiger partial charge in [-0.1, -0.05) is 11.8 Å². The van der Waals surface area contributed by atoms with Crippen molar-refractivity contribution in [3.63, 3.8) is 0 Å². The number of aromatic nitrogens is 2. The van der Waals surface area contributed by atoms with Crippen molar-refractivity contribution in [3.8, 4) is 11.8 Å². The van der Waals surface area contributed by atoms with Crippen LogP contribution in [0.25, 0.3) is 0 Å². The number of aryl methyl sites for hydroxylation is 1. The van der Waals surface area contributed by atoms with Crippen LogP contribution >= 0.6 is 0 Å². The second-order valence-corrected chi connectivity index (χ2v) is 2.86. The Morgan fingerprint density at radius 2 is 2.25 bits per heavy atom. The van der Waals surface area contributed by atoms with Crippen LogP contribution in [0.3, 0.4) is 0 Å². The summed E-state index contributed by atoms with van der Waals surface area (Å²) >= 11 is 0. The summed E-state index contributed by atoms with van der Waals surface area (Å²) in [5.41, 5.74) is -0.0647. The molecule has 6 heteroatoms. The fourth-order valence-electron chi connectivity index (χ4n) is 1.02. The smallest absolute Gasteiger partial charge is 0.354 e. The normalized spacial score (nSPS) is 9.12. The summed E-state index contributed by atoms with van der Waals surface area (Å²) in [5, 5.41) is 20.0. The number of aliphatic hydroxyl groups is 1. The molecule has 0 spiro atoms. The number of carbonyl (C=O) groups is 1. The molecule has 84 valence electrons. The molecule has 0 saturated heterocycles. The minimum absolute atomic E-state index is 0.0647. The zero-order valence-corrected chi connectivity index (χ0v) is 8.69. The van der Waals surface area contributed by atoms with E-state index in [2.05, 4.69) is 27.1 Å². The Balaban J connectivity index is 2.76. The zero-order chi connectivity index (χ0) is 12.0. The summed E-state index contributed by atoms with van der Waals surface area (Å²) in [6, 6.07) is 1.33. The third kappa shape index (κ3) is 3.55. The van der Waals surface area contributed by atoms with Gasteiger partial charge in [0.05, 0.1) is 6.54 Å². The lowest BCUT2D eigenvalue weighted by Crippen LogP contribution is -2.08. The van der Waals surface area contributed by atoms with Gasteiger partial charge in [0.25, 0.3) is 0 Å². The van der Waals surface area contributed by atoms with Crippen molar-refractivity contribution in [2.75, 3.05) is 18.5 Å². The second-order valence-electron chi connectivity index (χ2n) is 2.86. The van der Waals surface area contributed by atoms with E-state index in [1.54, 1.807) is 6.92 Å². The predicted octanol–water partition coefficient (Wildman–Crippen LogP) is -0.109. The van der Waals surface area contributed by atoms with Gasteiger partial charge >= 0.3 is 5.97 Å². The largest absolute Gasteiger partial charge is 0.477 e. The number of carboxylic acid groups (broad SMARTS) is 1. The van der Waals surface area contributed by atoms with E-state index in [-0.39, 0.29) is 18.8 Å². The molecule has 1 aromatic rings.